The molecule has 0 radical (unpaired) electrons. The van der Waals surface area contributed by atoms with E-state index in [0.717, 1.165) is 25.2 Å². The predicted octanol–water partition coefficient (Wildman–Crippen LogP) is 1.64. The van der Waals surface area contributed by atoms with Crippen LogP contribution in [-0.2, 0) is 16.0 Å². The smallest absolute Gasteiger partial charge is 0.246 e. The van der Waals surface area contributed by atoms with Gasteiger partial charge in [-0.15, -0.1) is 12.4 Å². The Hall–Kier alpha value is -0.810. The molecule has 3 rings (SSSR count). The Labute approximate surface area is 123 Å². The molecule has 4 nitrogen and oxygen atoms in total. The lowest BCUT2D eigenvalue weighted by Gasteiger charge is -2.27. The first-order valence-electron chi connectivity index (χ1n) is 6.16. The lowest BCUT2D eigenvalue weighted by Crippen LogP contribution is -2.52. The minimum atomic E-state index is -0.233. The molecule has 0 saturated carbocycles. The Morgan fingerprint density at radius 2 is 2.32 bits per heavy atom. The molecule has 1 atom stereocenters. The summed E-state index contributed by atoms with van der Waals surface area (Å²) < 4.78 is 5.34. The molecule has 1 unspecified atom stereocenters. The molecule has 104 valence electrons. The van der Waals surface area contributed by atoms with Gasteiger partial charge in [-0.1, -0.05) is 17.7 Å². The third kappa shape index (κ3) is 2.87. The molecule has 6 heteroatoms. The van der Waals surface area contributed by atoms with E-state index in [4.69, 9.17) is 16.3 Å². The second-order valence-corrected chi connectivity index (χ2v) is 5.03. The van der Waals surface area contributed by atoms with Crippen molar-refractivity contribution in [1.29, 1.82) is 0 Å². The maximum Gasteiger partial charge on any atom is 0.246 e. The molecule has 0 aromatic heterocycles. The number of halogens is 2. The number of hydrogen-bond donors (Lipinski definition) is 1. The number of hydrogen-bond acceptors (Lipinski definition) is 3. The highest BCUT2D eigenvalue weighted by atomic mass is 35.5. The van der Waals surface area contributed by atoms with Crippen molar-refractivity contribution >= 4 is 35.6 Å². The highest BCUT2D eigenvalue weighted by molar-refractivity contribution is 6.31. The third-order valence-corrected chi connectivity index (χ3v) is 3.66. The maximum absolute atomic E-state index is 12.4. The number of amides is 1. The molecule has 2 heterocycles. The van der Waals surface area contributed by atoms with Crippen molar-refractivity contribution in [3.63, 3.8) is 0 Å². The van der Waals surface area contributed by atoms with Gasteiger partial charge in [0.25, 0.3) is 0 Å². The van der Waals surface area contributed by atoms with Crippen LogP contribution in [0.2, 0.25) is 5.02 Å². The topological polar surface area (TPSA) is 41.6 Å². The van der Waals surface area contributed by atoms with Crippen LogP contribution in [-0.4, -0.2) is 38.3 Å². The van der Waals surface area contributed by atoms with E-state index >= 15 is 0 Å². The number of anilines is 1. The molecule has 0 spiro atoms. The summed E-state index contributed by atoms with van der Waals surface area (Å²) in [5, 5.41) is 3.86. The van der Waals surface area contributed by atoms with Gasteiger partial charge in [-0.05, 0) is 24.1 Å². The quantitative estimate of drug-likeness (QED) is 0.857. The van der Waals surface area contributed by atoms with Crippen molar-refractivity contribution in [2.75, 3.05) is 31.2 Å². The molecule has 1 N–H and O–H groups in total. The molecule has 1 saturated heterocycles. The minimum absolute atomic E-state index is 0. The summed E-state index contributed by atoms with van der Waals surface area (Å²) in [6, 6.07) is 5.50. The van der Waals surface area contributed by atoms with Crippen molar-refractivity contribution in [3.8, 4) is 0 Å². The van der Waals surface area contributed by atoms with Gasteiger partial charge in [0.2, 0.25) is 5.91 Å². The van der Waals surface area contributed by atoms with Crippen LogP contribution in [0.5, 0.6) is 0 Å². The monoisotopic (exact) mass is 302 g/mol. The molecule has 1 fully saturated rings. The number of carbonyl (C=O) groups is 1. The van der Waals surface area contributed by atoms with Crippen LogP contribution in [0.1, 0.15) is 5.56 Å². The molecular formula is C13H16Cl2N2O2. The van der Waals surface area contributed by atoms with Gasteiger partial charge in [-0.2, -0.15) is 0 Å². The van der Waals surface area contributed by atoms with Crippen LogP contribution < -0.4 is 10.2 Å². The second kappa shape index (κ2) is 6.09. The van der Waals surface area contributed by atoms with Gasteiger partial charge in [-0.3, -0.25) is 4.79 Å². The number of fused-ring (bicyclic) bond motifs is 1. The molecule has 2 aliphatic rings. The van der Waals surface area contributed by atoms with Crippen molar-refractivity contribution in [2.45, 2.75) is 12.5 Å². The molecular weight excluding hydrogens is 287 g/mol. The van der Waals surface area contributed by atoms with Crippen LogP contribution in [0.4, 0.5) is 5.69 Å². The first-order chi connectivity index (χ1) is 8.75. The first kappa shape index (κ1) is 14.6. The Morgan fingerprint density at radius 3 is 3.05 bits per heavy atom. The molecule has 0 bridgehead atoms. The van der Waals surface area contributed by atoms with Gasteiger partial charge in [0.15, 0.2) is 0 Å². The molecule has 1 amide bonds. The molecule has 1 aromatic rings. The third-order valence-electron chi connectivity index (χ3n) is 3.43. The largest absolute Gasteiger partial charge is 0.378 e. The number of ether oxygens (including phenoxy) is 1. The Kier molecular flexibility index (Phi) is 4.68. The van der Waals surface area contributed by atoms with E-state index in [0.29, 0.717) is 18.2 Å². The zero-order chi connectivity index (χ0) is 12.5. The summed E-state index contributed by atoms with van der Waals surface area (Å²) in [4.78, 5) is 14.2. The summed E-state index contributed by atoms with van der Waals surface area (Å²) in [6.07, 6.45) is 0.895. The molecule has 1 aromatic carbocycles. The van der Waals surface area contributed by atoms with E-state index in [9.17, 15) is 4.79 Å². The van der Waals surface area contributed by atoms with Crippen molar-refractivity contribution < 1.29 is 9.53 Å². The Balaban J connectivity index is 0.00000133. The number of carbonyl (C=O) groups excluding carboxylic acids is 1. The highest BCUT2D eigenvalue weighted by Gasteiger charge is 2.31. The Morgan fingerprint density at radius 1 is 1.47 bits per heavy atom. The van der Waals surface area contributed by atoms with Gasteiger partial charge in [0.1, 0.15) is 6.04 Å². The van der Waals surface area contributed by atoms with Crippen molar-refractivity contribution in [3.05, 3.63) is 28.8 Å². The standard InChI is InChI=1S/C13H15ClN2O2.ClH/c14-10-2-1-9-3-5-16(12(9)7-10)13(17)11-8-18-6-4-15-11;/h1-2,7,11,15H,3-6,8H2;1H. The summed E-state index contributed by atoms with van der Waals surface area (Å²) in [6.45, 7) is 2.58. The maximum atomic E-state index is 12.4. The molecule has 2 aliphatic heterocycles. The van der Waals surface area contributed by atoms with E-state index in [2.05, 4.69) is 5.32 Å². The average molecular weight is 303 g/mol. The van der Waals surface area contributed by atoms with Gasteiger partial charge in [0, 0.05) is 23.8 Å². The zero-order valence-electron chi connectivity index (χ0n) is 10.4. The lowest BCUT2D eigenvalue weighted by molar-refractivity contribution is -0.123. The minimum Gasteiger partial charge on any atom is -0.378 e. The predicted molar refractivity (Wildman–Crippen MR) is 77.4 cm³/mol. The lowest BCUT2D eigenvalue weighted by atomic mass is 10.1. The SMILES string of the molecule is Cl.O=C(C1COCCN1)N1CCc2ccc(Cl)cc21. The number of nitrogens with zero attached hydrogens (tertiary/aromatic N) is 1. The normalized spacial score (nSPS) is 21.7. The van der Waals surface area contributed by atoms with E-state index in [-0.39, 0.29) is 24.4 Å². The van der Waals surface area contributed by atoms with Crippen molar-refractivity contribution in [1.82, 2.24) is 5.32 Å². The average Bonchev–Trinajstić information content (AvgIpc) is 2.82. The fourth-order valence-electron chi connectivity index (χ4n) is 2.49. The van der Waals surface area contributed by atoms with Crippen LogP contribution in [0.25, 0.3) is 0 Å². The van der Waals surface area contributed by atoms with Gasteiger partial charge >= 0.3 is 0 Å². The van der Waals surface area contributed by atoms with Crippen LogP contribution >= 0.6 is 24.0 Å². The fourth-order valence-corrected chi connectivity index (χ4v) is 2.66. The van der Waals surface area contributed by atoms with E-state index in [1.165, 1.54) is 5.56 Å². The highest BCUT2D eigenvalue weighted by Crippen LogP contribution is 2.31. The van der Waals surface area contributed by atoms with E-state index in [1.54, 1.807) is 0 Å². The van der Waals surface area contributed by atoms with Gasteiger partial charge < -0.3 is 15.0 Å². The van der Waals surface area contributed by atoms with Crippen LogP contribution in [0, 0.1) is 0 Å². The van der Waals surface area contributed by atoms with Crippen LogP contribution in [0.3, 0.4) is 0 Å². The van der Waals surface area contributed by atoms with E-state index < -0.39 is 0 Å². The van der Waals surface area contributed by atoms with Gasteiger partial charge in [0.05, 0.1) is 13.2 Å². The fraction of sp³-hybridized carbons (Fsp3) is 0.462. The Bertz CT molecular complexity index is 476. The van der Waals surface area contributed by atoms with E-state index in [1.807, 2.05) is 23.1 Å². The number of rotatable bonds is 1. The summed E-state index contributed by atoms with van der Waals surface area (Å²) >= 11 is 6.00. The summed E-state index contributed by atoms with van der Waals surface area (Å²) in [7, 11) is 0. The molecule has 19 heavy (non-hydrogen) atoms. The number of morpholine rings is 1. The summed E-state index contributed by atoms with van der Waals surface area (Å²) in [5.41, 5.74) is 2.13. The second-order valence-electron chi connectivity index (χ2n) is 4.59. The van der Waals surface area contributed by atoms with Crippen LogP contribution in [0.15, 0.2) is 18.2 Å². The first-order valence-corrected chi connectivity index (χ1v) is 6.54. The number of benzene rings is 1. The van der Waals surface area contributed by atoms with Gasteiger partial charge in [-0.25, -0.2) is 0 Å². The summed E-state index contributed by atoms with van der Waals surface area (Å²) in [5.74, 6) is 0.0794. The molecule has 0 aliphatic carbocycles. The number of nitrogens with one attached hydrogen (secondary N) is 1. The zero-order valence-corrected chi connectivity index (χ0v) is 12.0. The van der Waals surface area contributed by atoms with Crippen molar-refractivity contribution in [2.24, 2.45) is 0 Å².